The largest absolute Gasteiger partial charge is 0.509 e. The van der Waals surface area contributed by atoms with Crippen LogP contribution in [0.2, 0.25) is 0 Å². The van der Waals surface area contributed by atoms with E-state index in [1.165, 1.54) is 64.2 Å². The lowest BCUT2D eigenvalue weighted by Gasteiger charge is -2.61. The van der Waals surface area contributed by atoms with Crippen LogP contribution in [0.15, 0.2) is 30.3 Å². The number of hydrogen-bond acceptors (Lipinski definition) is 6. The van der Waals surface area contributed by atoms with Crippen molar-refractivity contribution in [3.05, 3.63) is 35.9 Å². The van der Waals surface area contributed by atoms with Crippen molar-refractivity contribution in [3.63, 3.8) is 0 Å². The van der Waals surface area contributed by atoms with Crippen molar-refractivity contribution in [3.8, 4) is 0 Å². The van der Waals surface area contributed by atoms with E-state index >= 15 is 0 Å². The molecule has 4 aliphatic carbocycles. The molecule has 1 aromatic rings. The molecule has 2 saturated heterocycles. The molecule has 0 aromatic heterocycles. The Labute approximate surface area is 284 Å². The summed E-state index contributed by atoms with van der Waals surface area (Å²) in [4.78, 5) is 12.2. The third kappa shape index (κ3) is 6.42. The Bertz CT molecular complexity index is 1220. The Morgan fingerprint density at radius 2 is 1.62 bits per heavy atom. The Morgan fingerprint density at radius 1 is 0.872 bits per heavy atom. The monoisotopic (exact) mass is 650 g/mol. The molecule has 2 heterocycles. The SMILES string of the molecule is CC(C)CCC[C@@H](C)[C@H]1CC[C@H]2[C@@H]3CC[C@H]4C[C@@H](O[C@H]5O[C@@H](C)[C@@H]6OC(=O)O[C@H]6[C@H]5OCc5ccccc5)CC[C@]4(C)[C@H]3CC[C@]12C. The minimum Gasteiger partial charge on any atom is -0.424 e. The second-order valence-electron chi connectivity index (χ2n) is 17.6. The van der Waals surface area contributed by atoms with E-state index in [2.05, 4.69) is 34.6 Å². The molecule has 6 aliphatic rings. The number of rotatable bonds is 10. The van der Waals surface area contributed by atoms with Gasteiger partial charge in [0.05, 0.1) is 18.8 Å². The highest BCUT2D eigenvalue weighted by molar-refractivity contribution is 5.63. The molecule has 0 radical (unpaired) electrons. The smallest absolute Gasteiger partial charge is 0.424 e. The Morgan fingerprint density at radius 3 is 2.40 bits per heavy atom. The van der Waals surface area contributed by atoms with Gasteiger partial charge in [-0.2, -0.15) is 0 Å². The molecule has 0 bridgehead atoms. The molecule has 47 heavy (non-hydrogen) atoms. The molecular formula is C41H62O6. The molecule has 1 aromatic carbocycles. The molecule has 6 nitrogen and oxygen atoms in total. The van der Waals surface area contributed by atoms with E-state index in [4.69, 9.17) is 23.7 Å². The maximum Gasteiger partial charge on any atom is 0.509 e. The van der Waals surface area contributed by atoms with Crippen molar-refractivity contribution in [1.29, 1.82) is 0 Å². The van der Waals surface area contributed by atoms with E-state index in [9.17, 15) is 4.79 Å². The lowest BCUT2D eigenvalue weighted by molar-refractivity contribution is -0.304. The van der Waals surface area contributed by atoms with Crippen LogP contribution in [-0.4, -0.2) is 43.0 Å². The van der Waals surface area contributed by atoms with Crippen LogP contribution in [0.4, 0.5) is 4.79 Å². The standard InChI is InChI=1S/C41H62O6/c1-25(2)11-10-12-26(3)32-17-18-33-31-16-15-29-23-30(19-21-40(29,5)34(31)20-22-41(32,33)6)45-38-37(43-24-28-13-8-7-9-14-28)36-35(27(4)44-38)46-39(42)47-36/h7-9,13-14,25-27,29-38H,10-12,15-24H2,1-6H3/t26-,27+,29+,30+,31+,32-,33+,34+,35+,36-,37-,38-,40+,41-/m1/s1. The summed E-state index contributed by atoms with van der Waals surface area (Å²) in [5.41, 5.74) is 2.00. The van der Waals surface area contributed by atoms with Gasteiger partial charge in [0.1, 0.15) is 6.10 Å². The van der Waals surface area contributed by atoms with Gasteiger partial charge in [-0.05, 0) is 123 Å². The van der Waals surface area contributed by atoms with Gasteiger partial charge in [0, 0.05) is 0 Å². The van der Waals surface area contributed by atoms with Crippen LogP contribution >= 0.6 is 0 Å². The van der Waals surface area contributed by atoms with Gasteiger partial charge < -0.3 is 23.7 Å². The number of fused-ring (bicyclic) bond motifs is 6. The van der Waals surface area contributed by atoms with Crippen LogP contribution in [-0.2, 0) is 30.3 Å². The summed E-state index contributed by atoms with van der Waals surface area (Å²) in [6.45, 7) is 15.0. The van der Waals surface area contributed by atoms with Gasteiger partial charge in [0.15, 0.2) is 18.5 Å². The fourth-order valence-corrected chi connectivity index (χ4v) is 12.1. The first kappa shape index (κ1) is 33.8. The van der Waals surface area contributed by atoms with Crippen molar-refractivity contribution >= 4 is 6.16 Å². The summed E-state index contributed by atoms with van der Waals surface area (Å²) in [5.74, 6) is 5.93. The predicted octanol–water partition coefficient (Wildman–Crippen LogP) is 9.73. The van der Waals surface area contributed by atoms with Gasteiger partial charge in [-0.1, -0.05) is 84.2 Å². The summed E-state index contributed by atoms with van der Waals surface area (Å²) in [7, 11) is 0. The normalized spacial score (nSPS) is 44.9. The summed E-state index contributed by atoms with van der Waals surface area (Å²) in [5, 5.41) is 0. The first-order valence-corrected chi connectivity index (χ1v) is 19.4. The van der Waals surface area contributed by atoms with Crippen molar-refractivity contribution < 1.29 is 28.5 Å². The van der Waals surface area contributed by atoms with E-state index in [1.807, 2.05) is 37.3 Å². The van der Waals surface area contributed by atoms with Gasteiger partial charge in [-0.25, -0.2) is 4.79 Å². The van der Waals surface area contributed by atoms with Crippen molar-refractivity contribution in [2.75, 3.05) is 0 Å². The number of carbonyl (C=O) groups excluding carboxylic acids is 1. The summed E-state index contributed by atoms with van der Waals surface area (Å²) >= 11 is 0. The second-order valence-corrected chi connectivity index (χ2v) is 17.6. The third-order valence-electron chi connectivity index (χ3n) is 14.6. The van der Waals surface area contributed by atoms with Crippen LogP contribution in [0.25, 0.3) is 0 Å². The van der Waals surface area contributed by atoms with Crippen LogP contribution in [0.1, 0.15) is 124 Å². The Hall–Kier alpha value is -1.63. The maximum atomic E-state index is 12.2. The van der Waals surface area contributed by atoms with Gasteiger partial charge >= 0.3 is 6.16 Å². The fourth-order valence-electron chi connectivity index (χ4n) is 12.1. The molecule has 2 aliphatic heterocycles. The molecule has 7 rings (SSSR count). The zero-order chi connectivity index (χ0) is 32.9. The summed E-state index contributed by atoms with van der Waals surface area (Å²) < 4.78 is 30.9. The minimum atomic E-state index is -0.646. The number of carbonyl (C=O) groups is 1. The molecule has 0 unspecified atom stereocenters. The van der Waals surface area contributed by atoms with E-state index in [0.29, 0.717) is 23.4 Å². The highest BCUT2D eigenvalue weighted by Crippen LogP contribution is 2.68. The van der Waals surface area contributed by atoms with Crippen molar-refractivity contribution in [2.45, 2.75) is 162 Å². The highest BCUT2D eigenvalue weighted by Gasteiger charge is 2.61. The minimum absolute atomic E-state index is 0.121. The third-order valence-corrected chi connectivity index (χ3v) is 14.6. The van der Waals surface area contributed by atoms with Crippen LogP contribution in [0.3, 0.4) is 0 Å². The quantitative estimate of drug-likeness (QED) is 0.186. The summed E-state index contributed by atoms with van der Waals surface area (Å²) in [6, 6.07) is 10.1. The zero-order valence-corrected chi connectivity index (χ0v) is 30.0. The molecule has 262 valence electrons. The molecule has 14 atom stereocenters. The topological polar surface area (TPSA) is 63.2 Å². The molecule has 4 saturated carbocycles. The lowest BCUT2D eigenvalue weighted by Crippen LogP contribution is -2.58. The lowest BCUT2D eigenvalue weighted by atomic mass is 9.44. The molecule has 6 fully saturated rings. The van der Waals surface area contributed by atoms with Gasteiger partial charge in [-0.3, -0.25) is 0 Å². The van der Waals surface area contributed by atoms with Crippen LogP contribution < -0.4 is 0 Å². The summed E-state index contributed by atoms with van der Waals surface area (Å²) in [6.07, 6.45) is 13.0. The Balaban J connectivity index is 0.999. The first-order chi connectivity index (χ1) is 22.6. The molecule has 0 N–H and O–H groups in total. The number of hydrogen-bond donors (Lipinski definition) is 0. The number of ether oxygens (including phenoxy) is 5. The fraction of sp³-hybridized carbons (Fsp3) is 0.829. The molecule has 6 heteroatoms. The predicted molar refractivity (Wildman–Crippen MR) is 182 cm³/mol. The van der Waals surface area contributed by atoms with Crippen LogP contribution in [0.5, 0.6) is 0 Å². The van der Waals surface area contributed by atoms with E-state index < -0.39 is 30.8 Å². The average Bonchev–Trinajstić information content (AvgIpc) is 3.61. The van der Waals surface area contributed by atoms with E-state index in [-0.39, 0.29) is 12.2 Å². The van der Waals surface area contributed by atoms with Crippen molar-refractivity contribution in [1.82, 2.24) is 0 Å². The highest BCUT2D eigenvalue weighted by atomic mass is 16.8. The molecule has 0 spiro atoms. The van der Waals surface area contributed by atoms with E-state index in [0.717, 1.165) is 53.9 Å². The van der Waals surface area contributed by atoms with Gasteiger partial charge in [-0.15, -0.1) is 0 Å². The van der Waals surface area contributed by atoms with Crippen LogP contribution in [0, 0.1) is 52.3 Å². The zero-order valence-electron chi connectivity index (χ0n) is 30.0. The maximum absolute atomic E-state index is 12.2. The molecule has 0 amide bonds. The molecular weight excluding hydrogens is 588 g/mol. The first-order valence-electron chi connectivity index (χ1n) is 19.4. The second kappa shape index (κ2) is 13.6. The average molecular weight is 651 g/mol. The van der Waals surface area contributed by atoms with Crippen molar-refractivity contribution in [2.24, 2.45) is 52.3 Å². The van der Waals surface area contributed by atoms with E-state index in [1.54, 1.807) is 0 Å². The van der Waals surface area contributed by atoms with Gasteiger partial charge in [0.2, 0.25) is 0 Å². The Kier molecular flexibility index (Phi) is 9.79. The number of benzene rings is 1. The van der Waals surface area contributed by atoms with Gasteiger partial charge in [0.25, 0.3) is 0 Å².